The van der Waals surface area contributed by atoms with Crippen LogP contribution in [0.3, 0.4) is 0 Å². The topological polar surface area (TPSA) is 148 Å². The Morgan fingerprint density at radius 1 is 1.19 bits per heavy atom. The van der Waals surface area contributed by atoms with Gasteiger partial charge < -0.3 is 20.3 Å². The molecule has 1 saturated heterocycles. The minimum Gasteiger partial charge on any atom is -0.508 e. The molecule has 0 radical (unpaired) electrons. The number of nitrogens with two attached hydrogens (primary N) is 1. The number of urea groups is 1. The number of hydrogen-bond acceptors (Lipinski definition) is 7. The summed E-state index contributed by atoms with van der Waals surface area (Å²) in [4.78, 5) is 49.5. The van der Waals surface area contributed by atoms with Gasteiger partial charge in [-0.1, -0.05) is 0 Å². The smallest absolute Gasteiger partial charge is 0.335 e. The van der Waals surface area contributed by atoms with Gasteiger partial charge in [-0.15, -0.1) is 0 Å². The lowest BCUT2D eigenvalue weighted by atomic mass is 10.1. The van der Waals surface area contributed by atoms with Crippen LogP contribution in [0.2, 0.25) is 0 Å². The van der Waals surface area contributed by atoms with E-state index in [4.69, 9.17) is 15.2 Å². The van der Waals surface area contributed by atoms with Crippen LogP contribution in [0.25, 0.3) is 6.08 Å². The van der Waals surface area contributed by atoms with Crippen molar-refractivity contribution in [3.63, 3.8) is 0 Å². The number of barbiturate groups is 1. The molecule has 166 valence electrons. The van der Waals surface area contributed by atoms with E-state index in [9.17, 15) is 24.3 Å². The number of carbonyl (C=O) groups excluding carboxylic acids is 4. The van der Waals surface area contributed by atoms with E-state index in [2.05, 4.69) is 5.32 Å². The first-order valence-corrected chi connectivity index (χ1v) is 10.4. The van der Waals surface area contributed by atoms with Crippen molar-refractivity contribution in [1.29, 1.82) is 0 Å². The highest BCUT2D eigenvalue weighted by molar-refractivity contribution is 14.1. The van der Waals surface area contributed by atoms with Crippen LogP contribution >= 0.6 is 22.6 Å². The Morgan fingerprint density at radius 2 is 1.88 bits per heavy atom. The number of halogens is 1. The molecule has 3 rings (SSSR count). The monoisotopic (exact) mass is 551 g/mol. The van der Waals surface area contributed by atoms with E-state index in [1.165, 1.54) is 36.4 Å². The second-order valence-electron chi connectivity index (χ2n) is 6.49. The predicted octanol–water partition coefficient (Wildman–Crippen LogP) is 1.93. The molecule has 2 aromatic rings. The normalized spacial score (nSPS) is 15.0. The van der Waals surface area contributed by atoms with E-state index in [0.717, 1.165) is 4.90 Å². The standard InChI is InChI=1S/C21H18IN3O7/c1-2-31-16-9-11(8-15(22)18(16)32-10-17(23)27)7-14-19(28)24-21(30)25(20(14)29)12-3-5-13(26)6-4-12/h3-9,26H,2,10H2,1H3,(H2,23,27)(H,24,28,30)/b14-7+. The minimum atomic E-state index is -0.900. The first-order valence-electron chi connectivity index (χ1n) is 9.29. The van der Waals surface area contributed by atoms with Crippen LogP contribution in [-0.4, -0.2) is 42.1 Å². The Kier molecular flexibility index (Phi) is 6.98. The fourth-order valence-corrected chi connectivity index (χ4v) is 3.66. The Balaban J connectivity index is 2.00. The molecule has 32 heavy (non-hydrogen) atoms. The number of aromatic hydroxyl groups is 1. The quantitative estimate of drug-likeness (QED) is 0.271. The number of anilines is 1. The van der Waals surface area contributed by atoms with Crippen LogP contribution in [0.15, 0.2) is 42.0 Å². The van der Waals surface area contributed by atoms with Crippen molar-refractivity contribution in [1.82, 2.24) is 5.32 Å². The van der Waals surface area contributed by atoms with Crippen LogP contribution in [0, 0.1) is 3.57 Å². The summed E-state index contributed by atoms with van der Waals surface area (Å²) in [5.74, 6) is -1.78. The summed E-state index contributed by atoms with van der Waals surface area (Å²) in [5, 5.41) is 11.6. The van der Waals surface area contributed by atoms with Gasteiger partial charge in [0.2, 0.25) is 0 Å². The summed E-state index contributed by atoms with van der Waals surface area (Å²) >= 11 is 1.96. The number of ether oxygens (including phenoxy) is 2. The zero-order valence-corrected chi connectivity index (χ0v) is 18.9. The molecule has 1 fully saturated rings. The summed E-state index contributed by atoms with van der Waals surface area (Å²) in [7, 11) is 0. The number of imide groups is 2. The minimum absolute atomic E-state index is 0.0397. The summed E-state index contributed by atoms with van der Waals surface area (Å²) in [6.45, 7) is 1.71. The second kappa shape index (κ2) is 9.68. The van der Waals surface area contributed by atoms with Crippen molar-refractivity contribution in [2.45, 2.75) is 6.92 Å². The molecule has 1 aliphatic heterocycles. The summed E-state index contributed by atoms with van der Waals surface area (Å²) in [6.07, 6.45) is 1.32. The SMILES string of the molecule is CCOc1cc(/C=C2\C(=O)NC(=O)N(c3ccc(O)cc3)C2=O)cc(I)c1OCC(N)=O. The summed E-state index contributed by atoms with van der Waals surface area (Å²) in [6, 6.07) is 7.64. The predicted molar refractivity (Wildman–Crippen MR) is 122 cm³/mol. The molecule has 0 aromatic heterocycles. The maximum atomic E-state index is 13.0. The van der Waals surface area contributed by atoms with Gasteiger partial charge in [0.25, 0.3) is 17.7 Å². The van der Waals surface area contributed by atoms with Gasteiger partial charge in [0.1, 0.15) is 11.3 Å². The van der Waals surface area contributed by atoms with Gasteiger partial charge in [-0.25, -0.2) is 9.69 Å². The molecule has 2 aromatic carbocycles. The van der Waals surface area contributed by atoms with E-state index in [1.807, 2.05) is 22.6 Å². The molecule has 4 N–H and O–H groups in total. The van der Waals surface area contributed by atoms with Crippen LogP contribution < -0.4 is 25.4 Å². The first-order chi connectivity index (χ1) is 15.2. The highest BCUT2D eigenvalue weighted by atomic mass is 127. The van der Waals surface area contributed by atoms with E-state index in [0.29, 0.717) is 27.2 Å². The van der Waals surface area contributed by atoms with Gasteiger partial charge in [-0.3, -0.25) is 19.7 Å². The lowest BCUT2D eigenvalue weighted by molar-refractivity contribution is -0.123. The fraction of sp³-hybridized carbons (Fsp3) is 0.143. The van der Waals surface area contributed by atoms with Crippen molar-refractivity contribution >= 4 is 58.1 Å². The van der Waals surface area contributed by atoms with Crippen molar-refractivity contribution < 1.29 is 33.8 Å². The van der Waals surface area contributed by atoms with Crippen molar-refractivity contribution in [3.05, 3.63) is 51.1 Å². The molecule has 0 aliphatic carbocycles. The number of hydrogen-bond donors (Lipinski definition) is 3. The van der Waals surface area contributed by atoms with Gasteiger partial charge in [0, 0.05) is 0 Å². The number of rotatable bonds is 7. The van der Waals surface area contributed by atoms with Gasteiger partial charge in [-0.2, -0.15) is 0 Å². The average Bonchev–Trinajstić information content (AvgIpc) is 2.72. The van der Waals surface area contributed by atoms with Gasteiger partial charge in [0.05, 0.1) is 15.9 Å². The number of amides is 5. The Hall–Kier alpha value is -3.61. The van der Waals surface area contributed by atoms with Crippen molar-refractivity contribution in [2.24, 2.45) is 5.73 Å². The lowest BCUT2D eigenvalue weighted by Crippen LogP contribution is -2.54. The molecule has 5 amide bonds. The lowest BCUT2D eigenvalue weighted by Gasteiger charge is -2.26. The molecule has 0 atom stereocenters. The van der Waals surface area contributed by atoms with Gasteiger partial charge in [0.15, 0.2) is 18.1 Å². The maximum absolute atomic E-state index is 13.0. The first kappa shape index (κ1) is 23.1. The van der Waals surface area contributed by atoms with Crippen LogP contribution in [0.1, 0.15) is 12.5 Å². The van der Waals surface area contributed by atoms with E-state index >= 15 is 0 Å². The second-order valence-corrected chi connectivity index (χ2v) is 7.65. The van der Waals surface area contributed by atoms with Crippen molar-refractivity contribution in [2.75, 3.05) is 18.1 Å². The fourth-order valence-electron chi connectivity index (χ4n) is 2.88. The number of nitrogens with one attached hydrogen (secondary N) is 1. The van der Waals surface area contributed by atoms with E-state index in [1.54, 1.807) is 13.0 Å². The molecular weight excluding hydrogens is 533 g/mol. The highest BCUT2D eigenvalue weighted by Gasteiger charge is 2.36. The number of primary amides is 1. The highest BCUT2D eigenvalue weighted by Crippen LogP contribution is 2.35. The molecule has 0 spiro atoms. The van der Waals surface area contributed by atoms with Crippen molar-refractivity contribution in [3.8, 4) is 17.2 Å². The summed E-state index contributed by atoms with van der Waals surface area (Å²) < 4.78 is 11.5. The van der Waals surface area contributed by atoms with Crippen LogP contribution in [0.5, 0.6) is 17.2 Å². The molecule has 11 heteroatoms. The number of benzene rings is 2. The average molecular weight is 551 g/mol. The van der Waals surface area contributed by atoms with Gasteiger partial charge in [-0.05, 0) is 77.6 Å². The molecule has 0 saturated carbocycles. The van der Waals surface area contributed by atoms with E-state index < -0.39 is 23.8 Å². The Labute approximate surface area is 196 Å². The number of carbonyl (C=O) groups is 4. The number of nitrogens with zero attached hydrogens (tertiary/aromatic N) is 1. The van der Waals surface area contributed by atoms with Crippen LogP contribution in [0.4, 0.5) is 10.5 Å². The molecule has 0 unspecified atom stereocenters. The number of phenols is 1. The largest absolute Gasteiger partial charge is 0.508 e. The third kappa shape index (κ3) is 4.99. The molecule has 1 heterocycles. The Bertz CT molecular complexity index is 1130. The van der Waals surface area contributed by atoms with E-state index in [-0.39, 0.29) is 23.6 Å². The van der Waals surface area contributed by atoms with Gasteiger partial charge >= 0.3 is 6.03 Å². The maximum Gasteiger partial charge on any atom is 0.335 e. The Morgan fingerprint density at radius 3 is 2.50 bits per heavy atom. The zero-order valence-electron chi connectivity index (χ0n) is 16.8. The number of phenolic OH excluding ortho intramolecular Hbond substituents is 1. The molecule has 1 aliphatic rings. The third-order valence-corrected chi connectivity index (χ3v) is 5.01. The molecule has 10 nitrogen and oxygen atoms in total. The molecule has 0 bridgehead atoms. The zero-order chi connectivity index (χ0) is 23.4. The molecular formula is C21H18IN3O7. The van der Waals surface area contributed by atoms with Crippen LogP contribution in [-0.2, 0) is 14.4 Å². The third-order valence-electron chi connectivity index (χ3n) is 4.21. The summed E-state index contributed by atoms with van der Waals surface area (Å²) in [5.41, 5.74) is 5.48.